The van der Waals surface area contributed by atoms with Crippen molar-refractivity contribution in [1.29, 1.82) is 0 Å². The first-order chi connectivity index (χ1) is 15.0. The number of non-ortho nitro benzene ring substituents is 1. The molecule has 1 amide bonds. The first kappa shape index (κ1) is 20.5. The van der Waals surface area contributed by atoms with Crippen LogP contribution in [0.4, 0.5) is 11.4 Å². The van der Waals surface area contributed by atoms with Gasteiger partial charge in [-0.2, -0.15) is 0 Å². The number of anilines is 1. The smallest absolute Gasteiger partial charge is 0.271 e. The van der Waals surface area contributed by atoms with Crippen molar-refractivity contribution < 1.29 is 9.72 Å². The summed E-state index contributed by atoms with van der Waals surface area (Å²) in [6.45, 7) is 1.99. The number of carbonyl (C=O) groups is 1. The lowest BCUT2D eigenvalue weighted by Gasteiger charge is -2.10. The summed E-state index contributed by atoms with van der Waals surface area (Å²) in [6, 6.07) is 21.4. The number of nitrogens with zero attached hydrogens (tertiary/aromatic N) is 3. The van der Waals surface area contributed by atoms with Gasteiger partial charge in [-0.25, -0.2) is 9.97 Å². The van der Waals surface area contributed by atoms with E-state index in [0.29, 0.717) is 16.5 Å². The van der Waals surface area contributed by atoms with E-state index in [1.54, 1.807) is 6.07 Å². The average molecular weight is 430 g/mol. The van der Waals surface area contributed by atoms with Crippen LogP contribution in [-0.4, -0.2) is 26.6 Å². The van der Waals surface area contributed by atoms with Crippen molar-refractivity contribution in [1.82, 2.24) is 9.97 Å². The van der Waals surface area contributed by atoms with Crippen LogP contribution in [0.3, 0.4) is 0 Å². The number of nitro groups is 1. The molecule has 0 aliphatic heterocycles. The van der Waals surface area contributed by atoms with E-state index in [9.17, 15) is 14.9 Å². The minimum atomic E-state index is -0.495. The van der Waals surface area contributed by atoms with Crippen LogP contribution in [0.5, 0.6) is 0 Å². The van der Waals surface area contributed by atoms with E-state index in [1.807, 2.05) is 55.5 Å². The molecule has 0 aliphatic carbocycles. The fourth-order valence-corrected chi connectivity index (χ4v) is 3.93. The number of para-hydroxylation sites is 1. The zero-order valence-corrected chi connectivity index (χ0v) is 17.4. The Morgan fingerprint density at radius 3 is 2.58 bits per heavy atom. The maximum atomic E-state index is 12.5. The predicted octanol–water partition coefficient (Wildman–Crippen LogP) is 5.24. The Kier molecular flexibility index (Phi) is 5.90. The van der Waals surface area contributed by atoms with Gasteiger partial charge in [-0.05, 0) is 18.6 Å². The molecule has 1 N–H and O–H groups in total. The van der Waals surface area contributed by atoms with Crippen LogP contribution in [0, 0.1) is 17.0 Å². The highest BCUT2D eigenvalue weighted by Crippen LogP contribution is 2.30. The summed E-state index contributed by atoms with van der Waals surface area (Å²) in [4.78, 5) is 32.4. The van der Waals surface area contributed by atoms with E-state index in [2.05, 4.69) is 5.32 Å². The van der Waals surface area contributed by atoms with Gasteiger partial charge in [0.1, 0.15) is 5.03 Å². The monoisotopic (exact) mass is 430 g/mol. The summed E-state index contributed by atoms with van der Waals surface area (Å²) < 4.78 is 0. The minimum absolute atomic E-state index is 0.0739. The molecule has 154 valence electrons. The Morgan fingerprint density at radius 1 is 1.03 bits per heavy atom. The van der Waals surface area contributed by atoms with Crippen LogP contribution in [0.2, 0.25) is 0 Å². The van der Waals surface area contributed by atoms with Crippen molar-refractivity contribution in [3.05, 3.63) is 88.5 Å². The summed E-state index contributed by atoms with van der Waals surface area (Å²) in [5.74, 6) is 0.437. The fourth-order valence-electron chi connectivity index (χ4n) is 3.12. The third kappa shape index (κ3) is 4.70. The molecule has 0 radical (unpaired) electrons. The maximum Gasteiger partial charge on any atom is 0.271 e. The number of aryl methyl sites for hydroxylation is 1. The van der Waals surface area contributed by atoms with E-state index < -0.39 is 4.92 Å². The molecule has 0 atom stereocenters. The van der Waals surface area contributed by atoms with Crippen LogP contribution in [-0.2, 0) is 4.79 Å². The summed E-state index contributed by atoms with van der Waals surface area (Å²) in [7, 11) is 0. The van der Waals surface area contributed by atoms with E-state index >= 15 is 0 Å². The SMILES string of the molecule is Cc1cccc2c(SCC(=O)Nc3cccc([N+](=O)[O-])c3)nc(-c3ccccc3)nc12. The van der Waals surface area contributed by atoms with Gasteiger partial charge >= 0.3 is 0 Å². The molecule has 0 saturated carbocycles. The third-order valence-electron chi connectivity index (χ3n) is 4.61. The molecule has 4 aromatic rings. The Balaban J connectivity index is 1.59. The largest absolute Gasteiger partial charge is 0.325 e. The topological polar surface area (TPSA) is 98.0 Å². The molecule has 1 aromatic heterocycles. The van der Waals surface area contributed by atoms with Crippen molar-refractivity contribution in [2.24, 2.45) is 0 Å². The Bertz CT molecular complexity index is 1280. The lowest BCUT2D eigenvalue weighted by Crippen LogP contribution is -2.14. The van der Waals surface area contributed by atoms with Gasteiger partial charge in [0.2, 0.25) is 5.91 Å². The van der Waals surface area contributed by atoms with E-state index in [0.717, 1.165) is 22.0 Å². The summed E-state index contributed by atoms with van der Waals surface area (Å²) in [5.41, 5.74) is 3.08. The number of nitrogens with one attached hydrogen (secondary N) is 1. The lowest BCUT2D eigenvalue weighted by atomic mass is 10.1. The normalized spacial score (nSPS) is 10.7. The van der Waals surface area contributed by atoms with Crippen molar-refractivity contribution in [2.75, 3.05) is 11.1 Å². The molecule has 31 heavy (non-hydrogen) atoms. The summed E-state index contributed by atoms with van der Waals surface area (Å²) >= 11 is 1.31. The van der Waals surface area contributed by atoms with Crippen LogP contribution < -0.4 is 5.32 Å². The number of rotatable bonds is 6. The van der Waals surface area contributed by atoms with Crippen LogP contribution in [0.1, 0.15) is 5.56 Å². The first-order valence-electron chi connectivity index (χ1n) is 9.51. The minimum Gasteiger partial charge on any atom is -0.325 e. The third-order valence-corrected chi connectivity index (χ3v) is 5.60. The first-order valence-corrected chi connectivity index (χ1v) is 10.5. The molecular formula is C23H18N4O3S. The molecule has 0 unspecified atom stereocenters. The number of carbonyl (C=O) groups excluding carboxylic acids is 1. The molecule has 0 aliphatic rings. The van der Waals surface area contributed by atoms with Crippen LogP contribution >= 0.6 is 11.8 Å². The van der Waals surface area contributed by atoms with Crippen LogP contribution in [0.15, 0.2) is 77.8 Å². The Morgan fingerprint density at radius 2 is 1.81 bits per heavy atom. The van der Waals surface area contributed by atoms with Gasteiger partial charge in [0, 0.05) is 28.8 Å². The van der Waals surface area contributed by atoms with Gasteiger partial charge in [0.05, 0.1) is 16.2 Å². The maximum absolute atomic E-state index is 12.5. The van der Waals surface area contributed by atoms with Gasteiger partial charge < -0.3 is 5.32 Å². The number of aromatic nitrogens is 2. The zero-order valence-electron chi connectivity index (χ0n) is 16.6. The molecular weight excluding hydrogens is 412 g/mol. The summed E-state index contributed by atoms with van der Waals surface area (Å²) in [6.07, 6.45) is 0. The predicted molar refractivity (Wildman–Crippen MR) is 122 cm³/mol. The number of hydrogen-bond acceptors (Lipinski definition) is 6. The molecule has 0 bridgehead atoms. The van der Waals surface area contributed by atoms with Gasteiger partial charge in [0.25, 0.3) is 5.69 Å². The Hall–Kier alpha value is -3.78. The van der Waals surface area contributed by atoms with E-state index in [4.69, 9.17) is 9.97 Å². The highest BCUT2D eigenvalue weighted by Gasteiger charge is 2.14. The number of nitro benzene ring substituents is 1. The number of benzene rings is 3. The quantitative estimate of drug-likeness (QED) is 0.194. The van der Waals surface area contributed by atoms with Gasteiger partial charge in [-0.1, -0.05) is 66.4 Å². The van der Waals surface area contributed by atoms with Gasteiger partial charge in [0.15, 0.2) is 5.82 Å². The average Bonchev–Trinajstić information content (AvgIpc) is 2.78. The molecule has 0 saturated heterocycles. The van der Waals surface area contributed by atoms with E-state index in [1.165, 1.54) is 30.0 Å². The van der Waals surface area contributed by atoms with E-state index in [-0.39, 0.29) is 17.3 Å². The van der Waals surface area contributed by atoms with Crippen molar-refractivity contribution in [3.63, 3.8) is 0 Å². The Labute approximate surface area is 182 Å². The number of fused-ring (bicyclic) bond motifs is 1. The number of hydrogen-bond donors (Lipinski definition) is 1. The molecule has 1 heterocycles. The zero-order chi connectivity index (χ0) is 21.8. The highest BCUT2D eigenvalue weighted by molar-refractivity contribution is 8.00. The lowest BCUT2D eigenvalue weighted by molar-refractivity contribution is -0.384. The molecule has 7 nitrogen and oxygen atoms in total. The second-order valence-corrected chi connectivity index (χ2v) is 7.80. The standard InChI is InChI=1S/C23H18N4O3S/c1-15-7-5-12-19-21(15)25-22(16-8-3-2-4-9-16)26-23(19)31-14-20(28)24-17-10-6-11-18(13-17)27(29)30/h2-13H,14H2,1H3,(H,24,28). The highest BCUT2D eigenvalue weighted by atomic mass is 32.2. The second-order valence-electron chi connectivity index (χ2n) is 6.83. The molecule has 0 spiro atoms. The molecule has 3 aromatic carbocycles. The van der Waals surface area contributed by atoms with Gasteiger partial charge in [-0.3, -0.25) is 14.9 Å². The molecule has 0 fully saturated rings. The fraction of sp³-hybridized carbons (Fsp3) is 0.0870. The van der Waals surface area contributed by atoms with Crippen molar-refractivity contribution in [3.8, 4) is 11.4 Å². The second kappa shape index (κ2) is 8.93. The molecule has 8 heteroatoms. The summed E-state index contributed by atoms with van der Waals surface area (Å²) in [5, 5.41) is 15.2. The number of thioether (sulfide) groups is 1. The van der Waals surface area contributed by atoms with Gasteiger partial charge in [-0.15, -0.1) is 0 Å². The number of amides is 1. The molecule has 4 rings (SSSR count). The van der Waals surface area contributed by atoms with Crippen molar-refractivity contribution in [2.45, 2.75) is 11.9 Å². The van der Waals surface area contributed by atoms with Crippen LogP contribution in [0.25, 0.3) is 22.3 Å². The van der Waals surface area contributed by atoms with Crippen molar-refractivity contribution >= 4 is 39.9 Å².